The Labute approximate surface area is 152 Å². The highest BCUT2D eigenvalue weighted by Crippen LogP contribution is 2.37. The summed E-state index contributed by atoms with van der Waals surface area (Å²) in [7, 11) is -4.55. The lowest BCUT2D eigenvalue weighted by Crippen LogP contribution is -2.44. The van der Waals surface area contributed by atoms with E-state index in [4.69, 9.17) is 11.0 Å². The van der Waals surface area contributed by atoms with Crippen LogP contribution in [0, 0.1) is 11.3 Å². The maximum absolute atomic E-state index is 13.2. The molecule has 1 saturated heterocycles. The number of benzene rings is 1. The van der Waals surface area contributed by atoms with E-state index in [0.29, 0.717) is 11.0 Å². The van der Waals surface area contributed by atoms with Crippen LogP contribution in [-0.2, 0) is 25.5 Å². The number of likely N-dealkylation sites (tertiary alicyclic amines) is 1. The average Bonchev–Trinajstić information content (AvgIpc) is 3.05. The predicted octanol–water partition coefficient (Wildman–Crippen LogP) is 1.07. The van der Waals surface area contributed by atoms with Crippen LogP contribution in [0.3, 0.4) is 0 Å². The second-order valence-corrected chi connectivity index (χ2v) is 7.87. The Balaban J connectivity index is 2.40. The van der Waals surface area contributed by atoms with Crippen LogP contribution >= 0.6 is 0 Å². The van der Waals surface area contributed by atoms with Crippen LogP contribution in [0.5, 0.6) is 0 Å². The predicted molar refractivity (Wildman–Crippen MR) is 83.7 cm³/mol. The van der Waals surface area contributed by atoms with Crippen LogP contribution in [0.15, 0.2) is 29.2 Å². The molecule has 2 amide bonds. The summed E-state index contributed by atoms with van der Waals surface area (Å²) in [4.78, 5) is 23.2. The molecule has 12 heteroatoms. The van der Waals surface area contributed by atoms with Gasteiger partial charge in [-0.05, 0) is 18.6 Å². The van der Waals surface area contributed by atoms with Crippen molar-refractivity contribution in [2.75, 3.05) is 13.2 Å². The fourth-order valence-electron chi connectivity index (χ4n) is 2.82. The van der Waals surface area contributed by atoms with Gasteiger partial charge in [-0.1, -0.05) is 12.1 Å². The molecule has 0 radical (unpaired) electrons. The summed E-state index contributed by atoms with van der Waals surface area (Å²) in [5, 5.41) is 6.94. The molecule has 0 aliphatic carbocycles. The molecule has 146 valence electrons. The first kappa shape index (κ1) is 20.5. The molecule has 2 atom stereocenters. The van der Waals surface area contributed by atoms with Gasteiger partial charge >= 0.3 is 18.2 Å². The van der Waals surface area contributed by atoms with E-state index in [2.05, 4.69) is 4.74 Å². The molecule has 0 aromatic heterocycles. The Hall–Kier alpha value is -2.81. The normalized spacial score (nSPS) is 20.1. The third kappa shape index (κ3) is 4.13. The van der Waals surface area contributed by atoms with Gasteiger partial charge in [0.05, 0.1) is 15.7 Å². The molecule has 1 heterocycles. The number of halogens is 3. The minimum absolute atomic E-state index is 0.498. The molecule has 0 saturated carbocycles. The van der Waals surface area contributed by atoms with Crippen molar-refractivity contribution in [2.24, 2.45) is 5.73 Å². The van der Waals surface area contributed by atoms with E-state index in [9.17, 15) is 31.2 Å². The first-order valence-corrected chi connectivity index (χ1v) is 9.04. The van der Waals surface area contributed by atoms with Gasteiger partial charge in [-0.25, -0.2) is 18.0 Å². The summed E-state index contributed by atoms with van der Waals surface area (Å²) in [5.41, 5.74) is 3.80. The van der Waals surface area contributed by atoms with Gasteiger partial charge in [0.25, 0.3) is 0 Å². The van der Waals surface area contributed by atoms with E-state index in [-0.39, 0.29) is 0 Å². The van der Waals surface area contributed by atoms with Crippen LogP contribution < -0.4 is 5.73 Å². The number of nitrogens with two attached hydrogens (primary N) is 1. The fourth-order valence-corrected chi connectivity index (χ4v) is 4.73. The molecule has 0 spiro atoms. The van der Waals surface area contributed by atoms with Crippen LogP contribution in [-0.4, -0.2) is 49.8 Å². The van der Waals surface area contributed by atoms with Crippen molar-refractivity contribution in [1.82, 2.24) is 4.90 Å². The van der Waals surface area contributed by atoms with Crippen molar-refractivity contribution >= 4 is 21.8 Å². The average molecular weight is 405 g/mol. The number of esters is 1. The van der Waals surface area contributed by atoms with E-state index >= 15 is 0 Å². The number of nitrogens with zero attached hydrogens (tertiary/aromatic N) is 2. The molecule has 2 N–H and O–H groups in total. The van der Waals surface area contributed by atoms with Crippen LogP contribution in [0.2, 0.25) is 0 Å². The van der Waals surface area contributed by atoms with Gasteiger partial charge in [0.15, 0.2) is 16.4 Å². The number of sulfone groups is 1. The Morgan fingerprint density at radius 2 is 1.96 bits per heavy atom. The number of ether oxygens (including phenoxy) is 1. The first-order valence-electron chi connectivity index (χ1n) is 7.50. The summed E-state index contributed by atoms with van der Waals surface area (Å²) in [6.45, 7) is -1.20. The number of carbonyl (C=O) groups is 2. The van der Waals surface area contributed by atoms with E-state index in [1.165, 1.54) is 6.07 Å². The SMILES string of the molecule is N#CCOC(=O)[C@@H]1C[C@@H](S(=O)(=O)c2ccccc2C(F)(F)F)CN1C(N)=O. The maximum Gasteiger partial charge on any atom is 0.417 e. The number of urea groups is 1. The van der Waals surface area contributed by atoms with Crippen LogP contribution in [0.4, 0.5) is 18.0 Å². The van der Waals surface area contributed by atoms with Gasteiger partial charge in [0, 0.05) is 6.54 Å². The standard InChI is InChI=1S/C15H14F3N3O5S/c16-15(17,18)10-3-1-2-4-12(10)27(24,25)9-7-11(13(22)26-6-5-19)21(8-9)14(20)23/h1-4,9,11H,6-8H2,(H2,20,23)/t9-,11+/m1/s1. The molecule has 2 rings (SSSR count). The van der Waals surface area contributed by atoms with Gasteiger partial charge in [0.2, 0.25) is 0 Å². The van der Waals surface area contributed by atoms with Crippen molar-refractivity contribution in [3.8, 4) is 6.07 Å². The smallest absolute Gasteiger partial charge is 0.417 e. The molecule has 27 heavy (non-hydrogen) atoms. The zero-order chi connectivity index (χ0) is 20.4. The van der Waals surface area contributed by atoms with Gasteiger partial charge < -0.3 is 15.4 Å². The maximum atomic E-state index is 13.2. The monoisotopic (exact) mass is 405 g/mol. The molecule has 1 aliphatic heterocycles. The van der Waals surface area contributed by atoms with E-state index in [0.717, 1.165) is 18.2 Å². The number of hydrogen-bond acceptors (Lipinski definition) is 6. The van der Waals surface area contributed by atoms with E-state index in [1.54, 1.807) is 0 Å². The quantitative estimate of drug-likeness (QED) is 0.746. The molecule has 8 nitrogen and oxygen atoms in total. The molecular weight excluding hydrogens is 391 g/mol. The van der Waals surface area contributed by atoms with Crippen LogP contribution in [0.25, 0.3) is 0 Å². The lowest BCUT2D eigenvalue weighted by Gasteiger charge is -2.20. The fraction of sp³-hybridized carbons (Fsp3) is 0.400. The summed E-state index contributed by atoms with van der Waals surface area (Å²) in [6.07, 6.45) is -5.40. The molecule has 1 aliphatic rings. The van der Waals surface area contributed by atoms with Crippen molar-refractivity contribution in [1.29, 1.82) is 5.26 Å². The zero-order valence-corrected chi connectivity index (χ0v) is 14.5. The summed E-state index contributed by atoms with van der Waals surface area (Å²) >= 11 is 0. The van der Waals surface area contributed by atoms with E-state index < -0.39 is 69.3 Å². The topological polar surface area (TPSA) is 131 Å². The highest BCUT2D eigenvalue weighted by atomic mass is 32.2. The highest BCUT2D eigenvalue weighted by Gasteiger charge is 2.47. The van der Waals surface area contributed by atoms with Gasteiger partial charge in [-0.3, -0.25) is 0 Å². The van der Waals surface area contributed by atoms with Crippen molar-refractivity contribution in [3.05, 3.63) is 29.8 Å². The Morgan fingerprint density at radius 3 is 2.52 bits per heavy atom. The van der Waals surface area contributed by atoms with Crippen molar-refractivity contribution in [3.63, 3.8) is 0 Å². The first-order chi connectivity index (χ1) is 12.5. The summed E-state index contributed by atoms with van der Waals surface area (Å²) in [6, 6.07) is 2.63. The van der Waals surface area contributed by atoms with Crippen LogP contribution in [0.1, 0.15) is 12.0 Å². The minimum Gasteiger partial charge on any atom is -0.449 e. The minimum atomic E-state index is -4.91. The molecule has 0 unspecified atom stereocenters. The molecule has 1 fully saturated rings. The van der Waals surface area contributed by atoms with Crippen molar-refractivity contribution in [2.45, 2.75) is 28.8 Å². The van der Waals surface area contributed by atoms with E-state index in [1.807, 2.05) is 0 Å². The third-order valence-electron chi connectivity index (χ3n) is 4.03. The molecule has 0 bridgehead atoms. The van der Waals surface area contributed by atoms with Gasteiger partial charge in [-0.2, -0.15) is 18.4 Å². The molecule has 1 aromatic rings. The largest absolute Gasteiger partial charge is 0.449 e. The highest BCUT2D eigenvalue weighted by molar-refractivity contribution is 7.92. The second-order valence-electron chi connectivity index (χ2n) is 5.67. The zero-order valence-electron chi connectivity index (χ0n) is 13.6. The number of alkyl halides is 3. The lowest BCUT2D eigenvalue weighted by atomic mass is 10.2. The summed E-state index contributed by atoms with van der Waals surface area (Å²) in [5.74, 6) is -1.06. The third-order valence-corrected chi connectivity index (χ3v) is 6.22. The number of carbonyl (C=O) groups excluding carboxylic acids is 2. The Bertz CT molecular complexity index is 895. The number of nitriles is 1. The number of hydrogen-bond donors (Lipinski definition) is 1. The number of primary amides is 1. The number of amides is 2. The molecular formula is C15H14F3N3O5S. The van der Waals surface area contributed by atoms with Crippen molar-refractivity contribution < 1.29 is 35.9 Å². The lowest BCUT2D eigenvalue weighted by molar-refractivity contribution is -0.146. The van der Waals surface area contributed by atoms with Gasteiger partial charge in [-0.15, -0.1) is 0 Å². The number of rotatable bonds is 4. The second kappa shape index (κ2) is 7.43. The Kier molecular flexibility index (Phi) is 5.65. The van der Waals surface area contributed by atoms with Gasteiger partial charge in [0.1, 0.15) is 12.1 Å². The Morgan fingerprint density at radius 1 is 1.33 bits per heavy atom. The summed E-state index contributed by atoms with van der Waals surface area (Å²) < 4.78 is 69.6. The molecule has 1 aromatic carbocycles.